The molecule has 1 radical (unpaired) electrons. The van der Waals surface area contributed by atoms with Crippen molar-refractivity contribution in [1.82, 2.24) is 5.73 Å². The van der Waals surface area contributed by atoms with Crippen LogP contribution in [-0.2, 0) is 16.5 Å². The van der Waals surface area contributed by atoms with E-state index in [0.29, 0.717) is 12.0 Å². The van der Waals surface area contributed by atoms with Crippen LogP contribution in [0.1, 0.15) is 51.0 Å². The molecule has 1 aromatic rings. The van der Waals surface area contributed by atoms with Gasteiger partial charge in [0.2, 0.25) is 0 Å². The molecule has 0 heterocycles. The molecule has 0 aromatic heterocycles. The molecule has 0 unspecified atom stereocenters. The maximum absolute atomic E-state index is 11.3. The highest BCUT2D eigenvalue weighted by Crippen LogP contribution is 2.22. The van der Waals surface area contributed by atoms with Crippen molar-refractivity contribution in [2.75, 3.05) is 0 Å². The Labute approximate surface area is 115 Å². The van der Waals surface area contributed by atoms with Crippen molar-refractivity contribution in [2.45, 2.75) is 56.8 Å². The summed E-state index contributed by atoms with van der Waals surface area (Å²) in [5.41, 5.74) is 8.13. The molecule has 2 N–H and O–H groups in total. The number of rotatable bonds is 8. The zero-order valence-electron chi connectivity index (χ0n) is 11.4. The summed E-state index contributed by atoms with van der Waals surface area (Å²) < 4.78 is 31.7. The molecule has 107 valence electrons. The average Bonchev–Trinajstić information content (AvgIpc) is 2.34. The summed E-state index contributed by atoms with van der Waals surface area (Å²) in [6.45, 7) is 2.17. The number of nitrogens with one attached hydrogen (secondary N) is 1. The molecule has 0 bridgehead atoms. The van der Waals surface area contributed by atoms with Crippen LogP contribution in [0, 0.1) is 0 Å². The first-order chi connectivity index (χ1) is 8.95. The minimum Gasteiger partial charge on any atom is -0.301 e. The van der Waals surface area contributed by atoms with E-state index in [9.17, 15) is 8.42 Å². The van der Waals surface area contributed by atoms with Gasteiger partial charge in [0, 0.05) is 0 Å². The van der Waals surface area contributed by atoms with Gasteiger partial charge in [0.1, 0.15) is 0 Å². The Morgan fingerprint density at radius 2 is 1.74 bits per heavy atom. The standard InChI is InChI=1S/C14H22NO3S/c1-2-3-4-5-6-7-8-12-9-10-13(15)11-14(12)19(16,17)18/h9-11,15H,2-8H2,1H3,(H,16,17,18). The Kier molecular flexibility index (Phi) is 6.31. The quantitative estimate of drug-likeness (QED) is 0.583. The van der Waals surface area contributed by atoms with Crippen LogP contribution in [0.15, 0.2) is 23.1 Å². The zero-order chi connectivity index (χ0) is 14.3. The lowest BCUT2D eigenvalue weighted by Gasteiger charge is -2.07. The van der Waals surface area contributed by atoms with E-state index in [2.05, 4.69) is 6.92 Å². The SMILES string of the molecule is CCCCCCCCc1ccc([NH])cc1S(=O)(=O)O. The first-order valence-corrected chi connectivity index (χ1v) is 8.21. The predicted octanol–water partition coefficient (Wildman–Crippen LogP) is 3.75. The van der Waals surface area contributed by atoms with Crippen LogP contribution in [0.2, 0.25) is 0 Å². The molecule has 19 heavy (non-hydrogen) atoms. The average molecular weight is 284 g/mol. The Hall–Kier alpha value is -1.07. The van der Waals surface area contributed by atoms with E-state index in [-0.39, 0.29) is 10.6 Å². The molecule has 5 heteroatoms. The monoisotopic (exact) mass is 284 g/mol. The van der Waals surface area contributed by atoms with Crippen molar-refractivity contribution >= 4 is 15.8 Å². The van der Waals surface area contributed by atoms with Gasteiger partial charge in [0.25, 0.3) is 10.1 Å². The molecule has 0 fully saturated rings. The highest BCUT2D eigenvalue weighted by molar-refractivity contribution is 7.85. The van der Waals surface area contributed by atoms with Gasteiger partial charge in [-0.25, -0.2) is 0 Å². The predicted molar refractivity (Wildman–Crippen MR) is 76.1 cm³/mol. The summed E-state index contributed by atoms with van der Waals surface area (Å²) in [4.78, 5) is -0.117. The second kappa shape index (κ2) is 7.50. The fourth-order valence-electron chi connectivity index (χ4n) is 2.10. The van der Waals surface area contributed by atoms with Gasteiger partial charge < -0.3 is 5.73 Å². The van der Waals surface area contributed by atoms with Gasteiger partial charge in [0.15, 0.2) is 0 Å². The summed E-state index contributed by atoms with van der Waals surface area (Å²) >= 11 is 0. The van der Waals surface area contributed by atoms with Crippen LogP contribution < -0.4 is 5.73 Å². The molecule has 0 amide bonds. The third-order valence-electron chi connectivity index (χ3n) is 3.14. The second-order valence-corrected chi connectivity index (χ2v) is 6.21. The van der Waals surface area contributed by atoms with Crippen LogP contribution >= 0.6 is 0 Å². The minimum absolute atomic E-state index is 0.0966. The summed E-state index contributed by atoms with van der Waals surface area (Å²) in [5, 5.41) is 0. The Bertz CT molecular complexity index is 497. The van der Waals surface area contributed by atoms with E-state index in [4.69, 9.17) is 10.3 Å². The normalized spacial score (nSPS) is 11.7. The van der Waals surface area contributed by atoms with Crippen molar-refractivity contribution in [3.8, 4) is 0 Å². The lowest BCUT2D eigenvalue weighted by Crippen LogP contribution is -2.03. The minimum atomic E-state index is -4.23. The molecule has 1 aromatic carbocycles. The van der Waals surface area contributed by atoms with Crippen molar-refractivity contribution in [3.63, 3.8) is 0 Å². The smallest absolute Gasteiger partial charge is 0.294 e. The van der Waals surface area contributed by atoms with E-state index in [0.717, 1.165) is 19.3 Å². The third-order valence-corrected chi connectivity index (χ3v) is 4.08. The van der Waals surface area contributed by atoms with Gasteiger partial charge >= 0.3 is 0 Å². The van der Waals surface area contributed by atoms with Crippen molar-refractivity contribution in [3.05, 3.63) is 23.8 Å². The number of unbranched alkanes of at least 4 members (excludes halogenated alkanes) is 5. The van der Waals surface area contributed by atoms with E-state index < -0.39 is 10.1 Å². The molecule has 0 spiro atoms. The third kappa shape index (κ3) is 5.61. The van der Waals surface area contributed by atoms with Crippen LogP contribution in [-0.4, -0.2) is 13.0 Å². The Morgan fingerprint density at radius 1 is 1.11 bits per heavy atom. The molecule has 0 saturated heterocycles. The lowest BCUT2D eigenvalue weighted by atomic mass is 10.0. The number of hydrogen-bond acceptors (Lipinski definition) is 2. The number of aryl methyl sites for hydroxylation is 1. The molecule has 4 nitrogen and oxygen atoms in total. The van der Waals surface area contributed by atoms with Crippen molar-refractivity contribution < 1.29 is 13.0 Å². The van der Waals surface area contributed by atoms with Crippen LogP contribution in [0.4, 0.5) is 5.69 Å². The van der Waals surface area contributed by atoms with Gasteiger partial charge in [-0.3, -0.25) is 4.55 Å². The summed E-state index contributed by atoms with van der Waals surface area (Å²) in [6.07, 6.45) is 7.42. The summed E-state index contributed by atoms with van der Waals surface area (Å²) in [6, 6.07) is 4.39. The van der Waals surface area contributed by atoms with Crippen molar-refractivity contribution in [2.24, 2.45) is 0 Å². The number of hydrogen-bond donors (Lipinski definition) is 1. The molecule has 0 aliphatic carbocycles. The van der Waals surface area contributed by atoms with E-state index in [1.165, 1.54) is 25.3 Å². The second-order valence-electron chi connectivity index (χ2n) is 4.82. The maximum atomic E-state index is 11.3. The fourth-order valence-corrected chi connectivity index (χ4v) is 2.87. The Balaban J connectivity index is 2.59. The molecule has 1 rings (SSSR count). The number of benzene rings is 1. The van der Waals surface area contributed by atoms with Crippen LogP contribution in [0.5, 0.6) is 0 Å². The van der Waals surface area contributed by atoms with Gasteiger partial charge in [-0.2, -0.15) is 8.42 Å². The molecule has 0 saturated carbocycles. The molecule has 0 atom stereocenters. The first kappa shape index (κ1) is 16.0. The van der Waals surface area contributed by atoms with Crippen LogP contribution in [0.3, 0.4) is 0 Å². The van der Waals surface area contributed by atoms with Gasteiger partial charge in [-0.05, 0) is 30.5 Å². The topological polar surface area (TPSA) is 78.2 Å². The van der Waals surface area contributed by atoms with E-state index in [1.54, 1.807) is 12.1 Å². The highest BCUT2D eigenvalue weighted by atomic mass is 32.2. The molecule has 0 aliphatic rings. The lowest BCUT2D eigenvalue weighted by molar-refractivity contribution is 0.481. The first-order valence-electron chi connectivity index (χ1n) is 6.77. The molecular weight excluding hydrogens is 262 g/mol. The highest BCUT2D eigenvalue weighted by Gasteiger charge is 2.15. The Morgan fingerprint density at radius 3 is 2.37 bits per heavy atom. The molecule has 0 aliphatic heterocycles. The van der Waals surface area contributed by atoms with Crippen molar-refractivity contribution in [1.29, 1.82) is 0 Å². The van der Waals surface area contributed by atoms with Crippen LogP contribution in [0.25, 0.3) is 0 Å². The van der Waals surface area contributed by atoms with Gasteiger partial charge in [0.05, 0.1) is 10.6 Å². The van der Waals surface area contributed by atoms with E-state index >= 15 is 0 Å². The van der Waals surface area contributed by atoms with E-state index in [1.807, 2.05) is 0 Å². The summed E-state index contributed by atoms with van der Waals surface area (Å²) in [7, 11) is -4.23. The fraction of sp³-hybridized carbons (Fsp3) is 0.571. The van der Waals surface area contributed by atoms with Gasteiger partial charge in [-0.15, -0.1) is 0 Å². The zero-order valence-corrected chi connectivity index (χ0v) is 12.2. The maximum Gasteiger partial charge on any atom is 0.294 e. The summed E-state index contributed by atoms with van der Waals surface area (Å²) in [5.74, 6) is 0. The largest absolute Gasteiger partial charge is 0.301 e. The van der Waals surface area contributed by atoms with Gasteiger partial charge in [-0.1, -0.05) is 45.1 Å². The molecular formula is C14H22NO3S.